The molecule has 0 saturated heterocycles. The average molecular weight is 899 g/mol. The Hall–Kier alpha value is -4.67. The fraction of sp³-hybridized carbons (Fsp3) is 0.208. The molecule has 0 bridgehead atoms. The summed E-state index contributed by atoms with van der Waals surface area (Å²) in [6.45, 7) is -2.74. The molecule has 5 heteroatoms. The number of hydrogen-bond donors (Lipinski definition) is 0. The van der Waals surface area contributed by atoms with Crippen LogP contribution >= 0.6 is 0 Å². The van der Waals surface area contributed by atoms with E-state index in [4.69, 9.17) is 20.9 Å². The third-order valence-corrected chi connectivity index (χ3v) is 15.9. The molecular weight excluding hydrogens is 841 g/mol. The van der Waals surface area contributed by atoms with Gasteiger partial charge in [-0.15, -0.1) is 53.6 Å². The minimum atomic E-state index is -2.51. The van der Waals surface area contributed by atoms with Gasteiger partial charge in [-0.25, -0.2) is 0 Å². The van der Waals surface area contributed by atoms with Crippen LogP contribution in [-0.4, -0.2) is 18.0 Å². The van der Waals surface area contributed by atoms with E-state index < -0.39 is 35.5 Å². The van der Waals surface area contributed by atoms with Crippen LogP contribution in [0.25, 0.3) is 66.4 Å². The number of rotatable bonds is 7. The summed E-state index contributed by atoms with van der Waals surface area (Å²) in [5, 5.41) is 5.01. The van der Waals surface area contributed by atoms with Crippen LogP contribution in [0.2, 0.25) is 18.1 Å². The predicted molar refractivity (Wildman–Crippen MR) is 223 cm³/mol. The molecule has 0 aliphatic heterocycles. The third kappa shape index (κ3) is 7.44. The van der Waals surface area contributed by atoms with E-state index in [2.05, 4.69) is 48.9 Å². The Kier molecular flexibility index (Phi) is 7.72. The Balaban J connectivity index is 0.000000280. The summed E-state index contributed by atoms with van der Waals surface area (Å²) in [6, 6.07) is 40.0. The zero-order valence-corrected chi connectivity index (χ0v) is 33.1. The molecule has 0 unspecified atom stereocenters. The number of fused-ring (bicyclic) bond motifs is 5. The predicted octanol–water partition coefficient (Wildman–Crippen LogP) is 12.8. The van der Waals surface area contributed by atoms with Gasteiger partial charge >= 0.3 is 0 Å². The van der Waals surface area contributed by atoms with Crippen molar-refractivity contribution in [1.29, 1.82) is 0 Å². The normalized spacial score (nSPS) is 15.7. The number of furan rings is 1. The van der Waals surface area contributed by atoms with Crippen molar-refractivity contribution in [3.8, 4) is 33.6 Å². The van der Waals surface area contributed by atoms with Crippen LogP contribution in [0.15, 0.2) is 120 Å². The Bertz CT molecular complexity index is 2890. The van der Waals surface area contributed by atoms with Gasteiger partial charge in [0.1, 0.15) is 5.58 Å². The summed E-state index contributed by atoms with van der Waals surface area (Å²) < 4.78 is 101. The molecule has 0 spiro atoms. The van der Waals surface area contributed by atoms with E-state index in [9.17, 15) is 0 Å². The van der Waals surface area contributed by atoms with Crippen molar-refractivity contribution < 1.29 is 41.0 Å². The molecule has 3 aromatic heterocycles. The molecule has 8 rings (SSSR count). The maximum absolute atomic E-state index is 8.49. The first-order chi connectivity index (χ1) is 30.1. The molecule has 0 aliphatic rings. The molecule has 3 heterocycles. The molecule has 0 amide bonds. The van der Waals surface area contributed by atoms with E-state index in [0.717, 1.165) is 50.4 Å². The van der Waals surface area contributed by atoms with Crippen molar-refractivity contribution in [1.82, 2.24) is 9.97 Å². The third-order valence-electron chi connectivity index (χ3n) is 10.3. The molecule has 0 atom stereocenters. The molecule has 1 radical (unpaired) electrons. The van der Waals surface area contributed by atoms with Crippen LogP contribution in [0.3, 0.4) is 0 Å². The number of aryl methyl sites for hydroxylation is 4. The van der Waals surface area contributed by atoms with Gasteiger partial charge in [0, 0.05) is 59.7 Å². The first-order valence-electron chi connectivity index (χ1n) is 23.5. The second-order valence-corrected chi connectivity index (χ2v) is 18.3. The topological polar surface area (TPSA) is 38.9 Å². The quantitative estimate of drug-likeness (QED) is 0.118. The Morgan fingerprint density at radius 3 is 2.13 bits per heavy atom. The number of pyridine rings is 2. The van der Waals surface area contributed by atoms with Gasteiger partial charge in [0.25, 0.3) is 0 Å². The summed E-state index contributed by atoms with van der Waals surface area (Å²) in [6.07, 6.45) is 2.65. The van der Waals surface area contributed by atoms with Crippen LogP contribution in [0, 0.1) is 39.5 Å². The Labute approximate surface area is 345 Å². The van der Waals surface area contributed by atoms with Gasteiger partial charge in [-0.3, -0.25) is 0 Å². The summed E-state index contributed by atoms with van der Waals surface area (Å²) >= 11 is 0. The smallest absolute Gasteiger partial charge is 0.128 e. The van der Waals surface area contributed by atoms with E-state index in [1.165, 1.54) is 30.6 Å². The van der Waals surface area contributed by atoms with Crippen LogP contribution in [0.5, 0.6) is 0 Å². The van der Waals surface area contributed by atoms with Crippen molar-refractivity contribution in [2.75, 3.05) is 0 Å². The number of nitrogens with zero attached hydrogens (tertiary/aromatic N) is 2. The largest absolute Gasteiger partial charge is 0.500 e. The zero-order valence-electron chi connectivity index (χ0n) is 41.7. The van der Waals surface area contributed by atoms with E-state index >= 15 is 0 Å². The monoisotopic (exact) mass is 899 g/mol. The van der Waals surface area contributed by atoms with Crippen LogP contribution in [0.4, 0.5) is 0 Å². The van der Waals surface area contributed by atoms with Crippen molar-refractivity contribution in [2.45, 2.75) is 66.3 Å². The molecule has 53 heavy (non-hydrogen) atoms. The Morgan fingerprint density at radius 2 is 1.42 bits per heavy atom. The molecule has 0 N–H and O–H groups in total. The molecule has 0 saturated carbocycles. The van der Waals surface area contributed by atoms with Crippen molar-refractivity contribution >= 4 is 46.0 Å². The number of benzene rings is 5. The van der Waals surface area contributed by atoms with Crippen molar-refractivity contribution in [3.05, 3.63) is 150 Å². The summed E-state index contributed by atoms with van der Waals surface area (Å²) in [4.78, 5) is 8.66. The fourth-order valence-corrected chi connectivity index (χ4v) is 10.7. The Morgan fingerprint density at radius 1 is 0.642 bits per heavy atom. The maximum Gasteiger partial charge on any atom is 0.128 e. The van der Waals surface area contributed by atoms with Crippen molar-refractivity contribution in [2.24, 2.45) is 0 Å². The first kappa shape index (κ1) is 25.4. The second-order valence-electron chi connectivity index (χ2n) is 13.0. The van der Waals surface area contributed by atoms with Crippen LogP contribution < -0.4 is 5.19 Å². The second kappa shape index (κ2) is 16.1. The molecule has 269 valence electrons. The van der Waals surface area contributed by atoms with Gasteiger partial charge in [-0.2, -0.15) is 0 Å². The van der Waals surface area contributed by atoms with E-state index in [1.54, 1.807) is 18.2 Å². The standard InChI is InChI=1S/C35H34NOSi.C13H12N.Ir/c1-6-38(7-2,8-3)26-17-19-27(23(4)20-26)32-21-33(36-22-24(32)5)31-15-11-14-29-30-18-16-25-12-9-10-13-28(25)34(30)37-35(29)31;1-10-3-6-12(7-4-10)13-8-5-11(2)9-14-13;/h9-14,16-22H,6-8H2,1-5H3;3-6,8-9H,1-2H3;/q2*-1;/i4D3,5D3;1D3,2D3;. The van der Waals surface area contributed by atoms with Gasteiger partial charge in [-0.05, 0) is 65.1 Å². The van der Waals surface area contributed by atoms with E-state index in [-0.39, 0.29) is 42.4 Å². The molecule has 8 aromatic rings. The zero-order chi connectivity index (χ0) is 46.4. The minimum Gasteiger partial charge on any atom is -0.500 e. The van der Waals surface area contributed by atoms with Crippen LogP contribution in [-0.2, 0) is 20.1 Å². The van der Waals surface area contributed by atoms with E-state index in [1.807, 2.05) is 60.7 Å². The van der Waals surface area contributed by atoms with Crippen molar-refractivity contribution in [3.63, 3.8) is 0 Å². The van der Waals surface area contributed by atoms with Gasteiger partial charge in [0.05, 0.1) is 13.7 Å². The molecule has 0 fully saturated rings. The summed E-state index contributed by atoms with van der Waals surface area (Å²) in [7, 11) is -1.90. The SMILES string of the molecule is [2H]C([2H])([2H])c1c[c-]c(-c2ccc(C([2H])([2H])[2H])cn2)cc1.[2H]C([2H])([2H])c1cnc(-c2[c-]ccc3c2oc2c4ccccc4ccc32)cc1-c1ccc([Si](CC)(CC)CC)cc1C([2H])([2H])[2H].[Ir]. The average Bonchev–Trinajstić information content (AvgIpc) is 3.66. The summed E-state index contributed by atoms with van der Waals surface area (Å²) in [5.74, 6) is 0. The molecule has 0 aliphatic carbocycles. The van der Waals surface area contributed by atoms with Gasteiger partial charge < -0.3 is 14.4 Å². The minimum absolute atomic E-state index is 0. The van der Waals surface area contributed by atoms with Crippen LogP contribution in [0.1, 0.15) is 59.5 Å². The molecule has 3 nitrogen and oxygen atoms in total. The van der Waals surface area contributed by atoms with Gasteiger partial charge in [0.2, 0.25) is 0 Å². The van der Waals surface area contributed by atoms with E-state index in [0.29, 0.717) is 39.2 Å². The maximum atomic E-state index is 8.49. The molecule has 5 aromatic carbocycles. The van der Waals surface area contributed by atoms with Gasteiger partial charge in [-0.1, -0.05) is 135 Å². The summed E-state index contributed by atoms with van der Waals surface area (Å²) in [5.41, 5.74) is 4.84. The number of hydrogen-bond acceptors (Lipinski definition) is 3. The molecular formula is C48H46IrN2OSi-2. The number of aromatic nitrogens is 2. The fourth-order valence-electron chi connectivity index (χ4n) is 7.08. The van der Waals surface area contributed by atoms with Gasteiger partial charge in [0.15, 0.2) is 0 Å². The first-order valence-corrected chi connectivity index (χ1v) is 20.1.